The van der Waals surface area contributed by atoms with E-state index in [1.165, 1.54) is 0 Å². The molecule has 3 N–H and O–H groups in total. The minimum absolute atomic E-state index is 0.131. The summed E-state index contributed by atoms with van der Waals surface area (Å²) in [5, 5.41) is 8.91. The molecule has 1 aromatic carbocycles. The van der Waals surface area contributed by atoms with Crippen molar-refractivity contribution < 1.29 is 9.84 Å². The van der Waals surface area contributed by atoms with Crippen LogP contribution in [0, 0.1) is 5.92 Å². The average molecular weight is 221 g/mol. The summed E-state index contributed by atoms with van der Waals surface area (Å²) in [6.07, 6.45) is 2.55. The summed E-state index contributed by atoms with van der Waals surface area (Å²) in [6, 6.07) is 5.56. The van der Waals surface area contributed by atoms with E-state index in [0.29, 0.717) is 6.61 Å². The predicted molar refractivity (Wildman–Crippen MR) is 66.5 cm³/mol. The van der Waals surface area contributed by atoms with Crippen molar-refractivity contribution in [2.75, 3.05) is 18.9 Å². The number of benzene rings is 1. The van der Waals surface area contributed by atoms with Crippen LogP contribution in [0.5, 0.6) is 5.75 Å². The van der Waals surface area contributed by atoms with Crippen molar-refractivity contribution in [3.8, 4) is 5.75 Å². The number of hydrogen-bond donors (Lipinski definition) is 2. The van der Waals surface area contributed by atoms with Crippen molar-refractivity contribution in [2.45, 2.75) is 13.3 Å². The second kappa shape index (κ2) is 6.18. The molecule has 1 rings (SSSR count). The van der Waals surface area contributed by atoms with Gasteiger partial charge in [-0.15, -0.1) is 6.58 Å². The summed E-state index contributed by atoms with van der Waals surface area (Å²) in [5.41, 5.74) is 7.46. The second-order valence-electron chi connectivity index (χ2n) is 3.96. The topological polar surface area (TPSA) is 55.5 Å². The fraction of sp³-hybridized carbons (Fsp3) is 0.385. The monoisotopic (exact) mass is 221 g/mol. The average Bonchev–Trinajstić information content (AvgIpc) is 2.28. The largest absolute Gasteiger partial charge is 0.493 e. The molecule has 0 heterocycles. The second-order valence-corrected chi connectivity index (χ2v) is 3.96. The fourth-order valence-electron chi connectivity index (χ4n) is 1.34. The van der Waals surface area contributed by atoms with Crippen LogP contribution in [0.4, 0.5) is 5.69 Å². The van der Waals surface area contributed by atoms with Crippen LogP contribution in [-0.2, 0) is 6.42 Å². The Labute approximate surface area is 96.5 Å². The Morgan fingerprint density at radius 2 is 2.31 bits per heavy atom. The number of aliphatic hydroxyl groups excluding tert-OH is 1. The van der Waals surface area contributed by atoms with Crippen LogP contribution >= 0.6 is 0 Å². The maximum atomic E-state index is 8.91. The molecular formula is C13H19NO2. The highest BCUT2D eigenvalue weighted by atomic mass is 16.5. The van der Waals surface area contributed by atoms with E-state index in [1.807, 2.05) is 31.2 Å². The first-order valence-electron chi connectivity index (χ1n) is 5.40. The van der Waals surface area contributed by atoms with Gasteiger partial charge in [0.2, 0.25) is 0 Å². The lowest BCUT2D eigenvalue weighted by Gasteiger charge is -2.13. The molecule has 0 fully saturated rings. The number of nitrogen functional groups attached to an aromatic ring is 1. The first-order valence-corrected chi connectivity index (χ1v) is 5.40. The first-order chi connectivity index (χ1) is 7.67. The summed E-state index contributed by atoms with van der Waals surface area (Å²) in [4.78, 5) is 0. The molecule has 3 nitrogen and oxygen atoms in total. The molecule has 0 aromatic heterocycles. The maximum Gasteiger partial charge on any atom is 0.122 e. The molecule has 0 bridgehead atoms. The molecule has 1 unspecified atom stereocenters. The van der Waals surface area contributed by atoms with Crippen LogP contribution in [0.1, 0.15) is 12.5 Å². The van der Waals surface area contributed by atoms with Crippen LogP contribution in [0.2, 0.25) is 0 Å². The molecule has 88 valence electrons. The lowest BCUT2D eigenvalue weighted by molar-refractivity contribution is 0.173. The van der Waals surface area contributed by atoms with Gasteiger partial charge in [-0.05, 0) is 30.2 Å². The third kappa shape index (κ3) is 3.59. The van der Waals surface area contributed by atoms with Crippen molar-refractivity contribution in [3.05, 3.63) is 36.4 Å². The maximum absolute atomic E-state index is 8.91. The third-order valence-electron chi connectivity index (χ3n) is 2.28. The van der Waals surface area contributed by atoms with Gasteiger partial charge in [-0.25, -0.2) is 0 Å². The zero-order valence-electron chi connectivity index (χ0n) is 9.65. The highest BCUT2D eigenvalue weighted by Gasteiger charge is 2.05. The van der Waals surface area contributed by atoms with E-state index in [-0.39, 0.29) is 12.5 Å². The highest BCUT2D eigenvalue weighted by Crippen LogP contribution is 2.22. The fourth-order valence-corrected chi connectivity index (χ4v) is 1.34. The lowest BCUT2D eigenvalue weighted by atomic mass is 10.1. The Balaban J connectivity index is 2.73. The Bertz CT molecular complexity index is 350. The van der Waals surface area contributed by atoms with E-state index in [1.54, 1.807) is 0 Å². The predicted octanol–water partition coefficient (Wildman–Crippen LogP) is 2.00. The Hall–Kier alpha value is -1.48. The van der Waals surface area contributed by atoms with Gasteiger partial charge in [-0.1, -0.05) is 13.0 Å². The van der Waals surface area contributed by atoms with Gasteiger partial charge in [-0.2, -0.15) is 0 Å². The normalized spacial score (nSPS) is 12.1. The summed E-state index contributed by atoms with van der Waals surface area (Å²) in [6.45, 7) is 6.27. The van der Waals surface area contributed by atoms with E-state index in [2.05, 4.69) is 6.58 Å². The molecule has 0 aliphatic rings. The third-order valence-corrected chi connectivity index (χ3v) is 2.28. The molecule has 0 aliphatic heterocycles. The van der Waals surface area contributed by atoms with Gasteiger partial charge in [0.1, 0.15) is 5.75 Å². The Morgan fingerprint density at radius 3 is 2.94 bits per heavy atom. The van der Waals surface area contributed by atoms with Crippen LogP contribution < -0.4 is 10.5 Å². The molecule has 0 saturated heterocycles. The smallest absolute Gasteiger partial charge is 0.122 e. The quantitative estimate of drug-likeness (QED) is 0.570. The van der Waals surface area contributed by atoms with Gasteiger partial charge in [0, 0.05) is 18.2 Å². The molecule has 1 atom stereocenters. The molecule has 16 heavy (non-hydrogen) atoms. The van der Waals surface area contributed by atoms with Gasteiger partial charge >= 0.3 is 0 Å². The zero-order chi connectivity index (χ0) is 12.0. The first kappa shape index (κ1) is 12.6. The SMILES string of the molecule is C=CCc1cc(N)ccc1OCC(C)CO. The van der Waals surface area contributed by atoms with E-state index in [4.69, 9.17) is 15.6 Å². The van der Waals surface area contributed by atoms with Crippen molar-refractivity contribution in [2.24, 2.45) is 5.92 Å². The van der Waals surface area contributed by atoms with Gasteiger partial charge in [0.05, 0.1) is 6.61 Å². The number of hydrogen-bond acceptors (Lipinski definition) is 3. The minimum atomic E-state index is 0.131. The Morgan fingerprint density at radius 1 is 1.56 bits per heavy atom. The van der Waals surface area contributed by atoms with Crippen molar-refractivity contribution >= 4 is 5.69 Å². The van der Waals surface area contributed by atoms with Gasteiger partial charge < -0.3 is 15.6 Å². The summed E-state index contributed by atoms with van der Waals surface area (Å²) >= 11 is 0. The van der Waals surface area contributed by atoms with Crippen LogP contribution in [0.15, 0.2) is 30.9 Å². The van der Waals surface area contributed by atoms with E-state index >= 15 is 0 Å². The molecule has 0 saturated carbocycles. The number of aliphatic hydroxyl groups is 1. The van der Waals surface area contributed by atoms with E-state index in [9.17, 15) is 0 Å². The molecule has 3 heteroatoms. The van der Waals surface area contributed by atoms with Gasteiger partial charge in [-0.3, -0.25) is 0 Å². The summed E-state index contributed by atoms with van der Waals surface area (Å²) < 4.78 is 5.63. The van der Waals surface area contributed by atoms with Crippen molar-refractivity contribution in [3.63, 3.8) is 0 Å². The number of allylic oxidation sites excluding steroid dienone is 1. The van der Waals surface area contributed by atoms with E-state index < -0.39 is 0 Å². The summed E-state index contributed by atoms with van der Waals surface area (Å²) in [5.74, 6) is 0.948. The molecule has 0 spiro atoms. The number of nitrogens with two attached hydrogens (primary N) is 1. The summed E-state index contributed by atoms with van der Waals surface area (Å²) in [7, 11) is 0. The molecule has 0 aliphatic carbocycles. The van der Waals surface area contributed by atoms with Crippen LogP contribution in [0.25, 0.3) is 0 Å². The molecule has 0 radical (unpaired) electrons. The van der Waals surface area contributed by atoms with Crippen molar-refractivity contribution in [1.29, 1.82) is 0 Å². The van der Waals surface area contributed by atoms with E-state index in [0.717, 1.165) is 23.4 Å². The van der Waals surface area contributed by atoms with Crippen LogP contribution in [-0.4, -0.2) is 18.3 Å². The molecular weight excluding hydrogens is 202 g/mol. The number of rotatable bonds is 6. The lowest BCUT2D eigenvalue weighted by Crippen LogP contribution is -2.13. The number of ether oxygens (including phenoxy) is 1. The zero-order valence-corrected chi connectivity index (χ0v) is 9.65. The Kier molecular flexibility index (Phi) is 4.86. The van der Waals surface area contributed by atoms with Crippen molar-refractivity contribution in [1.82, 2.24) is 0 Å². The highest BCUT2D eigenvalue weighted by molar-refractivity contribution is 5.48. The van der Waals surface area contributed by atoms with Gasteiger partial charge in [0.15, 0.2) is 0 Å². The van der Waals surface area contributed by atoms with Gasteiger partial charge in [0.25, 0.3) is 0 Å². The van der Waals surface area contributed by atoms with Crippen LogP contribution in [0.3, 0.4) is 0 Å². The standard InChI is InChI=1S/C13H19NO2/c1-3-4-11-7-12(14)5-6-13(11)16-9-10(2)8-15/h3,5-7,10,15H,1,4,8-9,14H2,2H3. The minimum Gasteiger partial charge on any atom is -0.493 e. The molecule has 0 amide bonds. The molecule has 1 aromatic rings. The number of anilines is 1.